The van der Waals surface area contributed by atoms with Crippen molar-refractivity contribution in [1.29, 1.82) is 5.41 Å². The highest BCUT2D eigenvalue weighted by Gasteiger charge is 2.29. The second kappa shape index (κ2) is 5.76. The molecule has 4 N–H and O–H groups in total. The minimum Gasteiger partial charge on any atom is -0.386 e. The molecule has 1 heterocycles. The summed E-state index contributed by atoms with van der Waals surface area (Å²) in [5.74, 6) is 0.150. The lowest BCUT2D eigenvalue weighted by molar-refractivity contribution is 0.163. The standard InChI is InChI=1S/C9H21N5O2S/c1-3-8(9(10)11)13-4-6-14(7-5-13)17(15,16)12-2/h8,12H,3-7H2,1-2H3,(H3,10,11). The van der Waals surface area contributed by atoms with Crippen LogP contribution in [0.3, 0.4) is 0 Å². The van der Waals surface area contributed by atoms with Crippen LogP contribution in [0.2, 0.25) is 0 Å². The minimum absolute atomic E-state index is 0.0746. The smallest absolute Gasteiger partial charge is 0.279 e. The van der Waals surface area contributed by atoms with E-state index in [-0.39, 0.29) is 11.9 Å². The predicted molar refractivity (Wildman–Crippen MR) is 67.1 cm³/mol. The summed E-state index contributed by atoms with van der Waals surface area (Å²) in [6.45, 7) is 4.07. The van der Waals surface area contributed by atoms with E-state index in [9.17, 15) is 8.42 Å². The third-order valence-corrected chi connectivity index (χ3v) is 4.62. The summed E-state index contributed by atoms with van der Waals surface area (Å²) < 4.78 is 26.8. The van der Waals surface area contributed by atoms with Gasteiger partial charge < -0.3 is 5.73 Å². The molecule has 0 aromatic carbocycles. The largest absolute Gasteiger partial charge is 0.386 e. The summed E-state index contributed by atoms with van der Waals surface area (Å²) in [6, 6.07) is -0.0746. The van der Waals surface area contributed by atoms with Crippen LogP contribution in [-0.2, 0) is 10.2 Å². The van der Waals surface area contributed by atoms with E-state index in [0.29, 0.717) is 26.2 Å². The third-order valence-electron chi connectivity index (χ3n) is 3.06. The van der Waals surface area contributed by atoms with E-state index in [4.69, 9.17) is 11.1 Å². The fourth-order valence-electron chi connectivity index (χ4n) is 2.06. The van der Waals surface area contributed by atoms with Crippen LogP contribution in [0, 0.1) is 5.41 Å². The van der Waals surface area contributed by atoms with Crippen molar-refractivity contribution in [3.05, 3.63) is 0 Å². The molecular weight excluding hydrogens is 242 g/mol. The molecule has 8 heteroatoms. The van der Waals surface area contributed by atoms with Gasteiger partial charge in [-0.25, -0.2) is 4.72 Å². The lowest BCUT2D eigenvalue weighted by Gasteiger charge is -2.37. The number of piperazine rings is 1. The van der Waals surface area contributed by atoms with Gasteiger partial charge in [0.05, 0.1) is 6.04 Å². The van der Waals surface area contributed by atoms with E-state index >= 15 is 0 Å². The van der Waals surface area contributed by atoms with E-state index in [1.807, 2.05) is 6.92 Å². The van der Waals surface area contributed by atoms with Crippen molar-refractivity contribution in [2.75, 3.05) is 33.2 Å². The predicted octanol–water partition coefficient (Wildman–Crippen LogP) is -1.22. The Balaban J connectivity index is 2.59. The van der Waals surface area contributed by atoms with Crippen molar-refractivity contribution in [3.8, 4) is 0 Å². The highest BCUT2D eigenvalue weighted by Crippen LogP contribution is 2.11. The number of amidine groups is 1. The molecule has 0 aliphatic carbocycles. The fourth-order valence-corrected chi connectivity index (χ4v) is 2.96. The van der Waals surface area contributed by atoms with Crippen molar-refractivity contribution >= 4 is 16.0 Å². The Bertz CT molecular complexity index is 362. The molecule has 0 aromatic heterocycles. The van der Waals surface area contributed by atoms with E-state index < -0.39 is 10.2 Å². The number of nitrogens with zero attached hydrogens (tertiary/aromatic N) is 2. The maximum Gasteiger partial charge on any atom is 0.279 e. The lowest BCUT2D eigenvalue weighted by atomic mass is 10.1. The molecule has 0 spiro atoms. The molecule has 1 atom stereocenters. The molecule has 100 valence electrons. The summed E-state index contributed by atoms with van der Waals surface area (Å²) in [4.78, 5) is 2.06. The summed E-state index contributed by atoms with van der Waals surface area (Å²) in [7, 11) is -1.92. The molecule has 0 amide bonds. The van der Waals surface area contributed by atoms with Crippen molar-refractivity contribution in [2.45, 2.75) is 19.4 Å². The number of nitrogens with one attached hydrogen (secondary N) is 2. The average Bonchev–Trinajstić information content (AvgIpc) is 2.30. The van der Waals surface area contributed by atoms with Gasteiger partial charge in [-0.1, -0.05) is 6.92 Å². The first-order chi connectivity index (χ1) is 7.92. The van der Waals surface area contributed by atoms with E-state index in [1.54, 1.807) is 0 Å². The van der Waals surface area contributed by atoms with Crippen LogP contribution in [0.1, 0.15) is 13.3 Å². The zero-order valence-corrected chi connectivity index (χ0v) is 11.1. The second-order valence-corrected chi connectivity index (χ2v) is 5.90. The van der Waals surface area contributed by atoms with Gasteiger partial charge in [-0.15, -0.1) is 0 Å². The molecule has 1 saturated heterocycles. The number of hydrogen-bond donors (Lipinski definition) is 3. The summed E-state index contributed by atoms with van der Waals surface area (Å²) in [6.07, 6.45) is 0.772. The van der Waals surface area contributed by atoms with Crippen molar-refractivity contribution in [3.63, 3.8) is 0 Å². The molecule has 0 saturated carbocycles. The van der Waals surface area contributed by atoms with Gasteiger partial charge in [-0.05, 0) is 6.42 Å². The Hall–Kier alpha value is -0.700. The second-order valence-electron chi connectivity index (χ2n) is 4.02. The van der Waals surface area contributed by atoms with Gasteiger partial charge in [-0.3, -0.25) is 10.3 Å². The maximum atomic E-state index is 11.6. The van der Waals surface area contributed by atoms with Crippen LogP contribution in [0.15, 0.2) is 0 Å². The van der Waals surface area contributed by atoms with Gasteiger partial charge in [0.25, 0.3) is 10.2 Å². The van der Waals surface area contributed by atoms with Crippen LogP contribution < -0.4 is 10.5 Å². The molecule has 17 heavy (non-hydrogen) atoms. The summed E-state index contributed by atoms with van der Waals surface area (Å²) in [5, 5.41) is 7.49. The topological polar surface area (TPSA) is 103 Å². The monoisotopic (exact) mass is 263 g/mol. The van der Waals surface area contributed by atoms with Gasteiger partial charge in [0.2, 0.25) is 0 Å². The Morgan fingerprint density at radius 1 is 1.41 bits per heavy atom. The Morgan fingerprint density at radius 2 is 1.94 bits per heavy atom. The average molecular weight is 263 g/mol. The summed E-state index contributed by atoms with van der Waals surface area (Å²) >= 11 is 0. The van der Waals surface area contributed by atoms with Crippen molar-refractivity contribution in [2.24, 2.45) is 5.73 Å². The molecule has 1 aliphatic heterocycles. The Kier molecular flexibility index (Phi) is 4.87. The first kappa shape index (κ1) is 14.4. The number of nitrogens with two attached hydrogens (primary N) is 1. The normalized spacial score (nSPS) is 21.3. The van der Waals surface area contributed by atoms with Gasteiger partial charge in [-0.2, -0.15) is 12.7 Å². The first-order valence-electron chi connectivity index (χ1n) is 5.69. The molecule has 7 nitrogen and oxygen atoms in total. The van der Waals surface area contributed by atoms with Crippen LogP contribution in [-0.4, -0.2) is 62.7 Å². The van der Waals surface area contributed by atoms with Crippen LogP contribution in [0.4, 0.5) is 0 Å². The number of rotatable bonds is 5. The van der Waals surface area contributed by atoms with Gasteiger partial charge in [0, 0.05) is 33.2 Å². The lowest BCUT2D eigenvalue weighted by Crippen LogP contribution is -2.56. The van der Waals surface area contributed by atoms with E-state index in [2.05, 4.69) is 9.62 Å². The third kappa shape index (κ3) is 3.38. The van der Waals surface area contributed by atoms with Gasteiger partial charge in [0.1, 0.15) is 5.84 Å². The van der Waals surface area contributed by atoms with Crippen LogP contribution in [0.25, 0.3) is 0 Å². The Labute approximate surface area is 103 Å². The number of hydrogen-bond acceptors (Lipinski definition) is 4. The zero-order valence-electron chi connectivity index (χ0n) is 10.3. The Morgan fingerprint density at radius 3 is 2.29 bits per heavy atom. The quantitative estimate of drug-likeness (QED) is 0.427. The molecular formula is C9H21N5O2S. The summed E-state index contributed by atoms with van der Waals surface area (Å²) in [5.41, 5.74) is 5.52. The van der Waals surface area contributed by atoms with Gasteiger partial charge >= 0.3 is 0 Å². The molecule has 0 aromatic rings. The first-order valence-corrected chi connectivity index (χ1v) is 7.13. The minimum atomic E-state index is -3.33. The van der Waals surface area contributed by atoms with E-state index in [1.165, 1.54) is 11.4 Å². The molecule has 0 bridgehead atoms. The fraction of sp³-hybridized carbons (Fsp3) is 0.889. The molecule has 1 fully saturated rings. The highest BCUT2D eigenvalue weighted by molar-refractivity contribution is 7.87. The van der Waals surface area contributed by atoms with Gasteiger partial charge in [0.15, 0.2) is 0 Å². The zero-order chi connectivity index (χ0) is 13.1. The SMILES string of the molecule is CCC(C(=N)N)N1CCN(S(=O)(=O)NC)CC1. The van der Waals surface area contributed by atoms with Crippen LogP contribution >= 0.6 is 0 Å². The van der Waals surface area contributed by atoms with Crippen molar-refractivity contribution < 1.29 is 8.42 Å². The van der Waals surface area contributed by atoms with Crippen LogP contribution in [0.5, 0.6) is 0 Å². The molecule has 1 aliphatic rings. The van der Waals surface area contributed by atoms with Crippen molar-refractivity contribution in [1.82, 2.24) is 13.9 Å². The highest BCUT2D eigenvalue weighted by atomic mass is 32.2. The molecule has 1 unspecified atom stereocenters. The van der Waals surface area contributed by atoms with E-state index in [0.717, 1.165) is 6.42 Å². The molecule has 1 rings (SSSR count). The molecule has 0 radical (unpaired) electrons. The maximum absolute atomic E-state index is 11.6.